The van der Waals surface area contributed by atoms with Crippen molar-refractivity contribution in [3.05, 3.63) is 36.5 Å². The van der Waals surface area contributed by atoms with Gasteiger partial charge in [0, 0.05) is 6.42 Å². The van der Waals surface area contributed by atoms with E-state index in [9.17, 15) is 61.0 Å². The molecule has 19 nitrogen and oxygen atoms in total. The first-order valence-electron chi connectivity index (χ1n) is 34.7. The van der Waals surface area contributed by atoms with Crippen molar-refractivity contribution < 1.29 is 89.4 Å². The molecule has 3 fully saturated rings. The molecule has 0 saturated carbocycles. The molecule has 3 aliphatic heterocycles. The van der Waals surface area contributed by atoms with Crippen molar-refractivity contribution in [2.45, 2.75) is 362 Å². The Bertz CT molecular complexity index is 1720. The van der Waals surface area contributed by atoms with E-state index in [1.165, 1.54) is 180 Å². The second-order valence-corrected chi connectivity index (χ2v) is 25.0. The Kier molecular flexibility index (Phi) is 46.0. The summed E-state index contributed by atoms with van der Waals surface area (Å²) in [5.41, 5.74) is 0. The molecule has 3 aliphatic rings. The molecule has 0 aromatic rings. The minimum Gasteiger partial charge on any atom is -0.394 e. The number of carbonyl (C=O) groups excluding carboxylic acids is 1. The first kappa shape index (κ1) is 79.2. The van der Waals surface area contributed by atoms with E-state index in [2.05, 4.69) is 43.5 Å². The number of aliphatic hydroxyl groups excluding tert-OH is 11. The van der Waals surface area contributed by atoms with E-state index in [4.69, 9.17) is 28.4 Å². The van der Waals surface area contributed by atoms with Crippen molar-refractivity contribution in [3.63, 3.8) is 0 Å². The van der Waals surface area contributed by atoms with E-state index in [0.717, 1.165) is 51.4 Å². The lowest BCUT2D eigenvalue weighted by atomic mass is 9.96. The first-order chi connectivity index (χ1) is 42.3. The molecule has 17 atom stereocenters. The van der Waals surface area contributed by atoms with Crippen molar-refractivity contribution in [3.8, 4) is 0 Å². The third-order valence-corrected chi connectivity index (χ3v) is 17.4. The average molecular weight is 1240 g/mol. The lowest BCUT2D eigenvalue weighted by molar-refractivity contribution is -0.379. The fraction of sp³-hybridized carbons (Fsp3) is 0.897. The third kappa shape index (κ3) is 32.9. The third-order valence-electron chi connectivity index (χ3n) is 17.4. The molecule has 17 unspecified atom stereocenters. The van der Waals surface area contributed by atoms with Crippen molar-refractivity contribution in [1.82, 2.24) is 5.32 Å². The molecule has 3 saturated heterocycles. The molecule has 0 bridgehead atoms. The Hall–Kier alpha value is -1.99. The zero-order chi connectivity index (χ0) is 63.3. The summed E-state index contributed by atoms with van der Waals surface area (Å²) in [4.78, 5) is 13.4. The Morgan fingerprint density at radius 2 is 0.759 bits per heavy atom. The standard InChI is InChI=1S/C68H125NO18/c1-3-5-7-9-11-13-15-17-19-21-22-23-24-25-26-27-28-30-32-34-36-38-40-42-44-46-56(74)69-51(52(73)45-43-41-39-37-35-33-31-29-20-18-16-14-12-10-8-6-4-2)50-82-66-62(80)59(77)64(54(48-71)84-66)87-68-63(81)60(78)65(55(49-72)85-68)86-67-61(79)58(76)57(75)53(47-70)83-67/h15,17,21-22,43,45,51-55,57-68,70-73,75-81H,3-14,16,18-20,23-42,44,46-50H2,1-2H3,(H,69,74)/b17-15-,22-21-,45-43+. The minimum absolute atomic E-state index is 0.243. The number of hydrogen-bond acceptors (Lipinski definition) is 18. The second-order valence-electron chi connectivity index (χ2n) is 25.0. The maximum atomic E-state index is 13.4. The van der Waals surface area contributed by atoms with Gasteiger partial charge in [0.25, 0.3) is 0 Å². The SMILES string of the molecule is CCCCCCC/C=C\C/C=C\CCCCCCCCCCCCCCCC(=O)NC(COC1OC(CO)C(OC2OC(CO)C(OC3OC(CO)C(O)C(O)C3O)C(O)C2O)C(O)C1O)C(O)/C=C/CCCCCCCCCCCCCCCCC. The molecule has 12 N–H and O–H groups in total. The van der Waals surface area contributed by atoms with Gasteiger partial charge in [0.15, 0.2) is 18.9 Å². The van der Waals surface area contributed by atoms with Crippen LogP contribution in [0.1, 0.15) is 258 Å². The van der Waals surface area contributed by atoms with E-state index >= 15 is 0 Å². The molecule has 3 heterocycles. The zero-order valence-electron chi connectivity index (χ0n) is 53.8. The summed E-state index contributed by atoms with van der Waals surface area (Å²) in [6.45, 7) is 1.74. The van der Waals surface area contributed by atoms with Crippen molar-refractivity contribution in [2.75, 3.05) is 26.4 Å². The molecule has 3 rings (SSSR count). The molecule has 0 aromatic heterocycles. The molecule has 0 aromatic carbocycles. The van der Waals surface area contributed by atoms with Gasteiger partial charge < -0.3 is 89.9 Å². The molecule has 510 valence electrons. The van der Waals surface area contributed by atoms with Crippen LogP contribution in [0.15, 0.2) is 36.5 Å². The number of allylic oxidation sites excluding steroid dienone is 5. The number of aliphatic hydroxyl groups is 11. The lowest BCUT2D eigenvalue weighted by Crippen LogP contribution is -2.66. The summed E-state index contributed by atoms with van der Waals surface area (Å²) in [7, 11) is 0. The molecule has 0 aliphatic carbocycles. The van der Waals surface area contributed by atoms with Gasteiger partial charge in [-0.3, -0.25) is 4.79 Å². The van der Waals surface area contributed by atoms with Crippen molar-refractivity contribution in [1.29, 1.82) is 0 Å². The number of nitrogens with one attached hydrogen (secondary N) is 1. The molecule has 0 spiro atoms. The number of ether oxygens (including phenoxy) is 6. The van der Waals surface area contributed by atoms with E-state index in [0.29, 0.717) is 6.42 Å². The highest BCUT2D eigenvalue weighted by Crippen LogP contribution is 2.33. The normalized spacial score (nSPS) is 28.8. The van der Waals surface area contributed by atoms with Crippen LogP contribution >= 0.6 is 0 Å². The molecular weight excluding hydrogens is 1120 g/mol. The van der Waals surface area contributed by atoms with Crippen LogP contribution in [0.4, 0.5) is 0 Å². The van der Waals surface area contributed by atoms with Crippen molar-refractivity contribution >= 4 is 5.91 Å². The molecular formula is C68H125NO18. The average Bonchev–Trinajstić information content (AvgIpc) is 1.15. The number of carbonyl (C=O) groups is 1. The second kappa shape index (κ2) is 50.6. The summed E-state index contributed by atoms with van der Waals surface area (Å²) >= 11 is 0. The van der Waals surface area contributed by atoms with Gasteiger partial charge in [-0.05, 0) is 51.4 Å². The van der Waals surface area contributed by atoms with Gasteiger partial charge in [-0.1, -0.05) is 237 Å². The van der Waals surface area contributed by atoms with Crippen LogP contribution in [0.2, 0.25) is 0 Å². The van der Waals surface area contributed by atoms with Crippen LogP contribution in [0, 0.1) is 0 Å². The summed E-state index contributed by atoms with van der Waals surface area (Å²) in [5.74, 6) is -0.275. The highest BCUT2D eigenvalue weighted by molar-refractivity contribution is 5.76. The fourth-order valence-electron chi connectivity index (χ4n) is 11.8. The fourth-order valence-corrected chi connectivity index (χ4v) is 11.8. The maximum Gasteiger partial charge on any atom is 0.220 e. The molecule has 0 radical (unpaired) electrons. The summed E-state index contributed by atoms with van der Waals surface area (Å²) < 4.78 is 34.3. The maximum absolute atomic E-state index is 13.4. The number of unbranched alkanes of at least 4 members (excludes halogenated alkanes) is 33. The number of rotatable bonds is 53. The zero-order valence-corrected chi connectivity index (χ0v) is 53.8. The minimum atomic E-state index is -1.98. The Balaban J connectivity index is 1.43. The van der Waals surface area contributed by atoms with Gasteiger partial charge in [0.2, 0.25) is 5.91 Å². The van der Waals surface area contributed by atoms with Gasteiger partial charge in [-0.25, -0.2) is 0 Å². The summed E-state index contributed by atoms with van der Waals surface area (Å²) in [6.07, 6.45) is 31.1. The van der Waals surface area contributed by atoms with Gasteiger partial charge in [-0.2, -0.15) is 0 Å². The van der Waals surface area contributed by atoms with Crippen LogP contribution < -0.4 is 5.32 Å². The monoisotopic (exact) mass is 1240 g/mol. The Labute approximate surface area is 523 Å². The van der Waals surface area contributed by atoms with Gasteiger partial charge in [0.1, 0.15) is 73.2 Å². The highest BCUT2D eigenvalue weighted by Gasteiger charge is 2.53. The summed E-state index contributed by atoms with van der Waals surface area (Å²) in [6, 6.07) is -0.973. The predicted molar refractivity (Wildman–Crippen MR) is 337 cm³/mol. The summed E-state index contributed by atoms with van der Waals surface area (Å²) in [5, 5.41) is 120. The van der Waals surface area contributed by atoms with Gasteiger partial charge in [-0.15, -0.1) is 0 Å². The van der Waals surface area contributed by atoms with Crippen LogP contribution in [0.25, 0.3) is 0 Å². The smallest absolute Gasteiger partial charge is 0.220 e. The lowest BCUT2D eigenvalue weighted by Gasteiger charge is -2.48. The largest absolute Gasteiger partial charge is 0.394 e. The highest BCUT2D eigenvalue weighted by atomic mass is 16.8. The van der Waals surface area contributed by atoms with E-state index < -0.39 is 124 Å². The van der Waals surface area contributed by atoms with E-state index in [1.54, 1.807) is 6.08 Å². The molecule has 87 heavy (non-hydrogen) atoms. The van der Waals surface area contributed by atoms with Crippen molar-refractivity contribution in [2.24, 2.45) is 0 Å². The van der Waals surface area contributed by atoms with Gasteiger partial charge >= 0.3 is 0 Å². The van der Waals surface area contributed by atoms with Crippen LogP contribution in [0.3, 0.4) is 0 Å². The Morgan fingerprint density at radius 1 is 0.414 bits per heavy atom. The van der Waals surface area contributed by atoms with Crippen LogP contribution in [-0.2, 0) is 33.2 Å². The predicted octanol–water partition coefficient (Wildman–Crippen LogP) is 8.83. The number of amides is 1. The number of hydrogen-bond donors (Lipinski definition) is 12. The van der Waals surface area contributed by atoms with Crippen LogP contribution in [-0.4, -0.2) is 193 Å². The molecule has 1 amide bonds. The quantitative estimate of drug-likeness (QED) is 0.0200. The Morgan fingerprint density at radius 3 is 1.17 bits per heavy atom. The van der Waals surface area contributed by atoms with E-state index in [1.807, 2.05) is 6.08 Å². The molecule has 19 heteroatoms. The van der Waals surface area contributed by atoms with Crippen LogP contribution in [0.5, 0.6) is 0 Å². The van der Waals surface area contributed by atoms with Gasteiger partial charge in [0.05, 0.1) is 38.6 Å². The van der Waals surface area contributed by atoms with E-state index in [-0.39, 0.29) is 18.9 Å². The topological polar surface area (TPSA) is 307 Å². The first-order valence-corrected chi connectivity index (χ1v) is 34.7.